The molecule has 108 valence electrons. The van der Waals surface area contributed by atoms with Crippen LogP contribution in [0, 0.1) is 5.41 Å². The zero-order valence-electron chi connectivity index (χ0n) is 12.4. The van der Waals surface area contributed by atoms with E-state index >= 15 is 0 Å². The molecule has 0 aliphatic carbocycles. The number of nitrogens with zero attached hydrogens (tertiary/aromatic N) is 1. The molecule has 0 bridgehead atoms. The first-order valence-electron chi connectivity index (χ1n) is 6.75. The number of rotatable bonds is 0. The number of carbonyl (C=O) groups excluding carboxylic acids is 2. The second-order valence-corrected chi connectivity index (χ2v) is 7.18. The molecule has 0 N–H and O–H groups in total. The number of amides is 1. The molecule has 5 nitrogen and oxygen atoms in total. The highest BCUT2D eigenvalue weighted by atomic mass is 16.6. The van der Waals surface area contributed by atoms with Crippen LogP contribution in [0.4, 0.5) is 4.79 Å². The quantitative estimate of drug-likeness (QED) is 0.633. The van der Waals surface area contributed by atoms with Crippen LogP contribution in [0.15, 0.2) is 0 Å². The van der Waals surface area contributed by atoms with Crippen LogP contribution in [0.5, 0.6) is 0 Å². The molecule has 2 aliphatic rings. The van der Waals surface area contributed by atoms with Gasteiger partial charge in [0.05, 0.1) is 13.0 Å². The van der Waals surface area contributed by atoms with Gasteiger partial charge in [-0.25, -0.2) is 4.79 Å². The molecule has 0 aromatic heterocycles. The lowest BCUT2D eigenvalue weighted by Crippen LogP contribution is -2.45. The van der Waals surface area contributed by atoms with Crippen molar-refractivity contribution in [2.24, 2.45) is 5.41 Å². The fourth-order valence-corrected chi connectivity index (χ4v) is 2.81. The van der Waals surface area contributed by atoms with Crippen molar-refractivity contribution in [2.75, 3.05) is 13.1 Å². The van der Waals surface area contributed by atoms with Crippen LogP contribution in [0.25, 0.3) is 0 Å². The second kappa shape index (κ2) is 4.12. The van der Waals surface area contributed by atoms with E-state index < -0.39 is 11.2 Å². The predicted octanol–water partition coefficient (Wildman–Crippen LogP) is 2.34. The molecule has 1 spiro atoms. The van der Waals surface area contributed by atoms with E-state index in [0.717, 1.165) is 0 Å². The number of hydrogen-bond donors (Lipinski definition) is 0. The summed E-state index contributed by atoms with van der Waals surface area (Å²) in [6, 6.07) is 0. The molecule has 5 heteroatoms. The Morgan fingerprint density at radius 1 is 1.37 bits per heavy atom. The Labute approximate surface area is 114 Å². The average molecular weight is 269 g/mol. The van der Waals surface area contributed by atoms with Gasteiger partial charge in [0.1, 0.15) is 11.2 Å². The van der Waals surface area contributed by atoms with Crippen LogP contribution in [0.3, 0.4) is 0 Å². The summed E-state index contributed by atoms with van der Waals surface area (Å²) >= 11 is 0. The number of likely N-dealkylation sites (tertiary alicyclic amines) is 1. The first-order valence-corrected chi connectivity index (χ1v) is 6.75. The summed E-state index contributed by atoms with van der Waals surface area (Å²) in [7, 11) is 0. The Hall–Kier alpha value is -1.26. The highest BCUT2D eigenvalue weighted by molar-refractivity contribution is 5.75. The van der Waals surface area contributed by atoms with E-state index in [2.05, 4.69) is 0 Å². The van der Waals surface area contributed by atoms with E-state index in [0.29, 0.717) is 25.9 Å². The maximum Gasteiger partial charge on any atom is 0.410 e. The van der Waals surface area contributed by atoms with Crippen LogP contribution in [-0.2, 0) is 14.3 Å². The normalized spacial score (nSPS) is 29.7. The van der Waals surface area contributed by atoms with Gasteiger partial charge in [0.15, 0.2) is 0 Å². The third kappa shape index (κ3) is 2.55. The molecule has 2 aliphatic heterocycles. The van der Waals surface area contributed by atoms with Gasteiger partial charge in [-0.05, 0) is 20.8 Å². The minimum atomic E-state index is -0.541. The largest absolute Gasteiger partial charge is 0.456 e. The second-order valence-electron chi connectivity index (χ2n) is 7.18. The monoisotopic (exact) mass is 269 g/mol. The fourth-order valence-electron chi connectivity index (χ4n) is 2.81. The lowest BCUT2D eigenvalue weighted by atomic mass is 9.74. The summed E-state index contributed by atoms with van der Waals surface area (Å²) in [5.41, 5.74) is -1.28. The van der Waals surface area contributed by atoms with E-state index in [9.17, 15) is 9.59 Å². The average Bonchev–Trinajstić information content (AvgIpc) is 2.67. The zero-order valence-corrected chi connectivity index (χ0v) is 12.4. The van der Waals surface area contributed by atoms with E-state index in [-0.39, 0.29) is 17.5 Å². The zero-order chi connectivity index (χ0) is 14.5. The molecule has 0 aromatic rings. The topological polar surface area (TPSA) is 55.8 Å². The van der Waals surface area contributed by atoms with Gasteiger partial charge < -0.3 is 14.4 Å². The highest BCUT2D eigenvalue weighted by Gasteiger charge is 2.59. The summed E-state index contributed by atoms with van der Waals surface area (Å²) in [6.07, 6.45) is 0.767. The molecule has 0 aromatic carbocycles. The summed E-state index contributed by atoms with van der Waals surface area (Å²) in [4.78, 5) is 25.3. The molecule has 2 heterocycles. The van der Waals surface area contributed by atoms with Crippen molar-refractivity contribution in [3.05, 3.63) is 0 Å². The van der Waals surface area contributed by atoms with Crippen molar-refractivity contribution < 1.29 is 19.1 Å². The van der Waals surface area contributed by atoms with Gasteiger partial charge in [-0.3, -0.25) is 4.79 Å². The number of carbonyl (C=O) groups is 2. The Morgan fingerprint density at radius 3 is 2.47 bits per heavy atom. The lowest BCUT2D eigenvalue weighted by Gasteiger charge is -2.35. The molecular formula is C14H23NO4. The van der Waals surface area contributed by atoms with E-state index in [1.807, 2.05) is 34.6 Å². The molecule has 1 atom stereocenters. The standard InChI is InChI=1S/C14H23NO4/c1-12(2,3)19-11(17)15-7-6-14(9-15)13(4,5)8-10(16)18-14/h6-9H2,1-5H3. The van der Waals surface area contributed by atoms with Gasteiger partial charge in [-0.15, -0.1) is 0 Å². The molecule has 0 saturated carbocycles. The van der Waals surface area contributed by atoms with Gasteiger partial charge >= 0.3 is 12.1 Å². The molecular weight excluding hydrogens is 246 g/mol. The van der Waals surface area contributed by atoms with Crippen LogP contribution in [0.1, 0.15) is 47.5 Å². The lowest BCUT2D eigenvalue weighted by molar-refractivity contribution is -0.149. The van der Waals surface area contributed by atoms with Crippen LogP contribution < -0.4 is 0 Å². The van der Waals surface area contributed by atoms with Crippen molar-refractivity contribution in [3.8, 4) is 0 Å². The summed E-state index contributed by atoms with van der Waals surface area (Å²) in [5.74, 6) is -0.170. The Kier molecular flexibility index (Phi) is 3.07. The van der Waals surface area contributed by atoms with Gasteiger partial charge in [-0.1, -0.05) is 13.8 Å². The maximum absolute atomic E-state index is 12.1. The van der Waals surface area contributed by atoms with Gasteiger partial charge in [0, 0.05) is 18.4 Å². The number of ether oxygens (including phenoxy) is 2. The third-order valence-corrected chi connectivity index (χ3v) is 4.01. The molecule has 2 fully saturated rings. The highest BCUT2D eigenvalue weighted by Crippen LogP contribution is 2.49. The summed E-state index contributed by atoms with van der Waals surface area (Å²) in [6.45, 7) is 10.6. The van der Waals surface area contributed by atoms with Crippen LogP contribution >= 0.6 is 0 Å². The molecule has 1 unspecified atom stereocenters. The van der Waals surface area contributed by atoms with Gasteiger partial charge in [0.2, 0.25) is 0 Å². The van der Waals surface area contributed by atoms with Crippen molar-refractivity contribution in [3.63, 3.8) is 0 Å². The third-order valence-electron chi connectivity index (χ3n) is 4.01. The van der Waals surface area contributed by atoms with Gasteiger partial charge in [-0.2, -0.15) is 0 Å². The van der Waals surface area contributed by atoms with Crippen LogP contribution in [0.2, 0.25) is 0 Å². The van der Waals surface area contributed by atoms with Crippen LogP contribution in [-0.4, -0.2) is 41.3 Å². The van der Waals surface area contributed by atoms with Crippen molar-refractivity contribution in [1.82, 2.24) is 4.90 Å². The van der Waals surface area contributed by atoms with E-state index in [1.165, 1.54) is 0 Å². The van der Waals surface area contributed by atoms with Crippen molar-refractivity contribution in [2.45, 2.75) is 58.7 Å². The smallest absolute Gasteiger partial charge is 0.410 e. The predicted molar refractivity (Wildman–Crippen MR) is 69.6 cm³/mol. The molecule has 0 radical (unpaired) electrons. The minimum absolute atomic E-state index is 0.170. The maximum atomic E-state index is 12.1. The number of esters is 1. The van der Waals surface area contributed by atoms with Crippen molar-refractivity contribution >= 4 is 12.1 Å². The first-order chi connectivity index (χ1) is 8.55. The molecule has 1 amide bonds. The Morgan fingerprint density at radius 2 is 2.00 bits per heavy atom. The molecule has 2 rings (SSSR count). The molecule has 2 saturated heterocycles. The van der Waals surface area contributed by atoms with Gasteiger partial charge in [0.25, 0.3) is 0 Å². The molecule has 19 heavy (non-hydrogen) atoms. The summed E-state index contributed by atoms with van der Waals surface area (Å²) < 4.78 is 10.9. The fraction of sp³-hybridized carbons (Fsp3) is 0.857. The first kappa shape index (κ1) is 14.2. The minimum Gasteiger partial charge on any atom is -0.456 e. The number of hydrogen-bond acceptors (Lipinski definition) is 4. The van der Waals surface area contributed by atoms with E-state index in [1.54, 1.807) is 4.90 Å². The summed E-state index contributed by atoms with van der Waals surface area (Å²) in [5, 5.41) is 0. The Balaban J connectivity index is 2.08. The van der Waals surface area contributed by atoms with Crippen molar-refractivity contribution in [1.29, 1.82) is 0 Å². The Bertz CT molecular complexity index is 410. The van der Waals surface area contributed by atoms with E-state index in [4.69, 9.17) is 9.47 Å². The SMILES string of the molecule is CC(C)(C)OC(=O)N1CCC2(C1)OC(=O)CC2(C)C.